The van der Waals surface area contributed by atoms with Gasteiger partial charge in [-0.15, -0.1) is 12.4 Å². The fourth-order valence-electron chi connectivity index (χ4n) is 4.79. The normalized spacial score (nSPS) is 37.8. The van der Waals surface area contributed by atoms with Gasteiger partial charge in [0.05, 0.1) is 32.6 Å². The van der Waals surface area contributed by atoms with Gasteiger partial charge in [0.2, 0.25) is 0 Å². The molecule has 4 aliphatic rings. The van der Waals surface area contributed by atoms with E-state index < -0.39 is 0 Å². The van der Waals surface area contributed by atoms with Gasteiger partial charge >= 0.3 is 0 Å². The van der Waals surface area contributed by atoms with Crippen LogP contribution in [0.5, 0.6) is 0 Å². The number of hydrogen-bond donors (Lipinski definition) is 0. The Hall–Kier alpha value is -1.24. The van der Waals surface area contributed by atoms with Crippen molar-refractivity contribution < 1.29 is 4.48 Å². The molecule has 0 amide bonds. The first-order valence-electron chi connectivity index (χ1n) is 8.02. The van der Waals surface area contributed by atoms with E-state index in [-0.39, 0.29) is 12.4 Å². The van der Waals surface area contributed by atoms with E-state index in [1.807, 2.05) is 0 Å². The lowest BCUT2D eigenvalue weighted by atomic mass is 10.0. The van der Waals surface area contributed by atoms with Crippen molar-refractivity contribution in [3.63, 3.8) is 0 Å². The molecular weight excluding hydrogens is 310 g/mol. The van der Waals surface area contributed by atoms with E-state index >= 15 is 0 Å². The van der Waals surface area contributed by atoms with Gasteiger partial charge in [-0.3, -0.25) is 9.47 Å². The van der Waals surface area contributed by atoms with Crippen molar-refractivity contribution in [3.05, 3.63) is 41.6 Å². The Kier molecular flexibility index (Phi) is 3.41. The third kappa shape index (κ3) is 2.19. The first-order chi connectivity index (χ1) is 10.6. The predicted octanol–water partition coefficient (Wildman–Crippen LogP) is 2.14. The molecule has 0 N–H and O–H groups in total. The van der Waals surface area contributed by atoms with Gasteiger partial charge in [0, 0.05) is 16.6 Å². The molecule has 3 unspecified atom stereocenters. The van der Waals surface area contributed by atoms with Crippen LogP contribution in [0.15, 0.2) is 30.3 Å². The number of pyridine rings is 1. The summed E-state index contributed by atoms with van der Waals surface area (Å²) in [6.45, 7) is 7.75. The number of rotatable bonds is 1. The highest BCUT2D eigenvalue weighted by atomic mass is 35.5. The van der Waals surface area contributed by atoms with Crippen LogP contribution in [0.25, 0.3) is 10.9 Å². The van der Waals surface area contributed by atoms with Crippen LogP contribution in [-0.4, -0.2) is 64.6 Å². The Morgan fingerprint density at radius 2 is 1.78 bits per heavy atom. The van der Waals surface area contributed by atoms with Gasteiger partial charge < -0.3 is 0 Å². The minimum absolute atomic E-state index is 0. The van der Waals surface area contributed by atoms with Gasteiger partial charge in [-0.1, -0.05) is 18.2 Å². The summed E-state index contributed by atoms with van der Waals surface area (Å²) in [5, 5.41) is 1.26. The number of aromatic nitrogens is 1. The number of halogens is 1. The minimum Gasteiger partial charge on any atom is -0.282 e. The molecule has 3 atom stereocenters. The Labute approximate surface area is 143 Å². The average Bonchev–Trinajstić information content (AvgIpc) is 2.45. The Bertz CT molecular complexity index is 750. The van der Waals surface area contributed by atoms with Crippen LogP contribution in [0.4, 0.5) is 0 Å². The second kappa shape index (κ2) is 5.13. The van der Waals surface area contributed by atoms with Gasteiger partial charge in [0.1, 0.15) is 13.3 Å². The van der Waals surface area contributed by atoms with E-state index in [0.29, 0.717) is 6.17 Å². The highest BCUT2D eigenvalue weighted by Gasteiger charge is 2.54. The number of hydrogen-bond acceptors (Lipinski definition) is 4. The van der Waals surface area contributed by atoms with Crippen LogP contribution >= 0.6 is 12.4 Å². The number of benzene rings is 1. The molecule has 0 saturated carbocycles. The van der Waals surface area contributed by atoms with Gasteiger partial charge in [0.15, 0.2) is 6.17 Å². The molecule has 4 fully saturated rings. The molecular formula is C17H23ClN5+. The van der Waals surface area contributed by atoms with Crippen molar-refractivity contribution in [1.29, 1.82) is 0 Å². The number of para-hydroxylation sites is 1. The maximum Gasteiger partial charge on any atom is 0.177 e. The first kappa shape index (κ1) is 15.3. The van der Waals surface area contributed by atoms with Crippen molar-refractivity contribution in [1.82, 2.24) is 19.7 Å². The lowest BCUT2D eigenvalue weighted by molar-refractivity contribution is -0.994. The van der Waals surface area contributed by atoms with Gasteiger partial charge in [-0.2, -0.15) is 0 Å². The van der Waals surface area contributed by atoms with E-state index in [9.17, 15) is 0 Å². The number of fused-ring (bicyclic) bond motifs is 1. The topological polar surface area (TPSA) is 22.6 Å². The molecule has 0 aliphatic carbocycles. The highest BCUT2D eigenvalue weighted by molar-refractivity contribution is 5.85. The zero-order chi connectivity index (χ0) is 14.9. The summed E-state index contributed by atoms with van der Waals surface area (Å²) in [6.07, 6.45) is 0.435. The zero-order valence-corrected chi connectivity index (χ0v) is 14.5. The third-order valence-corrected chi connectivity index (χ3v) is 5.38. The molecule has 4 aliphatic heterocycles. The van der Waals surface area contributed by atoms with Crippen molar-refractivity contribution in [2.45, 2.75) is 13.1 Å². The van der Waals surface area contributed by atoms with E-state index in [1.165, 1.54) is 16.6 Å². The van der Waals surface area contributed by atoms with Crippen molar-refractivity contribution in [3.8, 4) is 0 Å². The molecule has 4 bridgehead atoms. The van der Waals surface area contributed by atoms with Crippen LogP contribution in [0.1, 0.15) is 17.4 Å². The van der Waals surface area contributed by atoms with Crippen molar-refractivity contribution in [2.75, 3.05) is 40.4 Å². The molecule has 5 heterocycles. The van der Waals surface area contributed by atoms with Crippen LogP contribution < -0.4 is 0 Å². The highest BCUT2D eigenvalue weighted by Crippen LogP contribution is 2.42. The fourth-order valence-corrected chi connectivity index (χ4v) is 4.79. The van der Waals surface area contributed by atoms with E-state index in [4.69, 9.17) is 4.98 Å². The van der Waals surface area contributed by atoms with Crippen LogP contribution in [0.2, 0.25) is 0 Å². The van der Waals surface area contributed by atoms with Crippen LogP contribution in [-0.2, 0) is 0 Å². The molecule has 0 spiro atoms. The lowest BCUT2D eigenvalue weighted by Gasteiger charge is -2.63. The molecule has 1 aromatic carbocycles. The monoisotopic (exact) mass is 332 g/mol. The van der Waals surface area contributed by atoms with Crippen LogP contribution in [0, 0.1) is 6.92 Å². The van der Waals surface area contributed by atoms with E-state index in [0.717, 1.165) is 43.3 Å². The fraction of sp³-hybridized carbons (Fsp3) is 0.471. The molecule has 5 nitrogen and oxygen atoms in total. The lowest BCUT2D eigenvalue weighted by Crippen LogP contribution is -2.78. The standard InChI is InChI=1S/C17H22N5.ClH/c1-13-15(7-14-5-3-4-6-16(14)18-13)17-21-9-19-8-20(10-21)12-22(17,2)11-19;/h3-7,17H,8-12H2,1-2H3;1H/q+1;. The molecule has 122 valence electrons. The van der Waals surface area contributed by atoms with E-state index in [1.54, 1.807) is 0 Å². The van der Waals surface area contributed by atoms with Crippen molar-refractivity contribution in [2.24, 2.45) is 0 Å². The number of nitrogens with zero attached hydrogens (tertiary/aromatic N) is 5. The van der Waals surface area contributed by atoms with Gasteiger partial charge in [-0.25, -0.2) is 14.7 Å². The maximum absolute atomic E-state index is 4.88. The minimum atomic E-state index is 0. The summed E-state index contributed by atoms with van der Waals surface area (Å²) in [4.78, 5) is 12.6. The molecule has 2 aromatic rings. The maximum atomic E-state index is 4.88. The summed E-state index contributed by atoms with van der Waals surface area (Å²) in [6, 6.07) is 10.8. The molecule has 6 heteroatoms. The summed E-state index contributed by atoms with van der Waals surface area (Å²) >= 11 is 0. The molecule has 23 heavy (non-hydrogen) atoms. The molecule has 0 radical (unpaired) electrons. The number of quaternary nitrogens is 1. The molecule has 1 aromatic heterocycles. The summed E-state index contributed by atoms with van der Waals surface area (Å²) < 4.78 is 1.06. The molecule has 4 saturated heterocycles. The second-order valence-electron chi connectivity index (χ2n) is 7.35. The first-order valence-corrected chi connectivity index (χ1v) is 8.02. The Morgan fingerprint density at radius 3 is 2.48 bits per heavy atom. The van der Waals surface area contributed by atoms with Crippen molar-refractivity contribution >= 4 is 23.3 Å². The summed E-state index contributed by atoms with van der Waals surface area (Å²) in [5.41, 5.74) is 3.69. The largest absolute Gasteiger partial charge is 0.282 e. The average molecular weight is 333 g/mol. The van der Waals surface area contributed by atoms with E-state index in [2.05, 4.69) is 59.0 Å². The van der Waals surface area contributed by atoms with Crippen LogP contribution in [0.3, 0.4) is 0 Å². The van der Waals surface area contributed by atoms with Gasteiger partial charge in [-0.05, 0) is 19.1 Å². The quantitative estimate of drug-likeness (QED) is 0.746. The number of aryl methyl sites for hydroxylation is 1. The SMILES string of the molecule is Cc1nc2ccccc2cc1C1N2CN3CN(C2)C[N+]1(C)C3.Cl. The summed E-state index contributed by atoms with van der Waals surface area (Å²) in [5.74, 6) is 0. The zero-order valence-electron chi connectivity index (χ0n) is 13.6. The Balaban J connectivity index is 0.00000135. The Morgan fingerprint density at radius 1 is 1.09 bits per heavy atom. The summed E-state index contributed by atoms with van der Waals surface area (Å²) in [7, 11) is 2.39. The predicted molar refractivity (Wildman–Crippen MR) is 92.5 cm³/mol. The van der Waals surface area contributed by atoms with Gasteiger partial charge in [0.25, 0.3) is 0 Å². The smallest absolute Gasteiger partial charge is 0.177 e. The second-order valence-corrected chi connectivity index (χ2v) is 7.35. The molecule has 6 rings (SSSR count). The third-order valence-electron chi connectivity index (χ3n) is 5.38.